The summed E-state index contributed by atoms with van der Waals surface area (Å²) >= 11 is 1.44. The van der Waals surface area contributed by atoms with Crippen molar-refractivity contribution < 1.29 is 9.53 Å². The summed E-state index contributed by atoms with van der Waals surface area (Å²) in [6, 6.07) is 7.89. The highest BCUT2D eigenvalue weighted by molar-refractivity contribution is 7.11. The van der Waals surface area contributed by atoms with E-state index in [1.807, 2.05) is 5.38 Å². The quantitative estimate of drug-likeness (QED) is 0.909. The van der Waals surface area contributed by atoms with E-state index in [9.17, 15) is 4.79 Å². The third-order valence-corrected chi connectivity index (χ3v) is 5.02. The van der Waals surface area contributed by atoms with Gasteiger partial charge in [0.2, 0.25) is 0 Å². The number of rotatable bonds is 4. The molecule has 2 heterocycles. The van der Waals surface area contributed by atoms with Gasteiger partial charge in [-0.3, -0.25) is 4.79 Å². The molecule has 2 aromatic rings. The predicted molar refractivity (Wildman–Crippen MR) is 84.4 cm³/mol. The predicted octanol–water partition coefficient (Wildman–Crippen LogP) is 2.42. The molecule has 2 fully saturated rings. The van der Waals surface area contributed by atoms with Crippen LogP contribution in [0.25, 0.3) is 0 Å². The Hall–Kier alpha value is -1.92. The highest BCUT2D eigenvalue weighted by Gasteiger charge is 2.39. The summed E-state index contributed by atoms with van der Waals surface area (Å²) in [6.45, 7) is 1.10. The van der Waals surface area contributed by atoms with Crippen molar-refractivity contribution in [2.45, 2.75) is 24.9 Å². The number of piperidine rings is 1. The second-order valence-corrected chi connectivity index (χ2v) is 6.71. The number of nitrogens with zero attached hydrogens (tertiary/aromatic N) is 1. The van der Waals surface area contributed by atoms with Gasteiger partial charge in [0.05, 0.1) is 0 Å². The molecule has 22 heavy (non-hydrogen) atoms. The van der Waals surface area contributed by atoms with Crippen molar-refractivity contribution in [2.24, 2.45) is 5.92 Å². The molecule has 3 atom stereocenters. The van der Waals surface area contributed by atoms with E-state index in [-0.39, 0.29) is 11.9 Å². The molecule has 1 aromatic carbocycles. The van der Waals surface area contributed by atoms with Crippen LogP contribution in [-0.4, -0.2) is 29.5 Å². The van der Waals surface area contributed by atoms with E-state index in [4.69, 9.17) is 4.74 Å². The standard InChI is InChI=1S/C16H17N3O2S/c20-15(19-14-8-10-7-13(14)18-9-10)11-1-3-12(4-2-11)21-16-17-5-6-22-16/h1-6,10,13-14,18H,7-9H2,(H,19,20). The summed E-state index contributed by atoms with van der Waals surface area (Å²) in [5.41, 5.74) is 0.661. The van der Waals surface area contributed by atoms with Gasteiger partial charge < -0.3 is 15.4 Å². The van der Waals surface area contributed by atoms with Crippen molar-refractivity contribution >= 4 is 17.2 Å². The molecule has 2 aliphatic rings. The molecule has 1 saturated carbocycles. The van der Waals surface area contributed by atoms with Crippen molar-refractivity contribution in [3.8, 4) is 10.9 Å². The van der Waals surface area contributed by atoms with Crippen molar-refractivity contribution in [2.75, 3.05) is 6.54 Å². The molecule has 1 aromatic heterocycles. The van der Waals surface area contributed by atoms with Crippen molar-refractivity contribution in [3.05, 3.63) is 41.4 Å². The molecule has 114 valence electrons. The molecule has 1 saturated heterocycles. The van der Waals surface area contributed by atoms with Crippen LogP contribution < -0.4 is 15.4 Å². The molecule has 2 N–H and O–H groups in total. The van der Waals surface area contributed by atoms with Gasteiger partial charge in [-0.25, -0.2) is 4.98 Å². The SMILES string of the molecule is O=C(NC1CC2CNC1C2)c1ccc(Oc2nccs2)cc1. The van der Waals surface area contributed by atoms with E-state index in [2.05, 4.69) is 15.6 Å². The van der Waals surface area contributed by atoms with Gasteiger partial charge in [0.1, 0.15) is 5.75 Å². The number of benzene rings is 1. The van der Waals surface area contributed by atoms with Gasteiger partial charge in [-0.05, 0) is 49.6 Å². The van der Waals surface area contributed by atoms with E-state index in [1.54, 1.807) is 30.5 Å². The minimum atomic E-state index is -0.0138. The van der Waals surface area contributed by atoms with Crippen molar-refractivity contribution in [1.82, 2.24) is 15.6 Å². The molecule has 1 aliphatic heterocycles. The maximum Gasteiger partial charge on any atom is 0.278 e. The summed E-state index contributed by atoms with van der Waals surface area (Å²) in [5.74, 6) is 1.40. The Balaban J connectivity index is 1.38. The maximum atomic E-state index is 12.3. The molecule has 2 bridgehead atoms. The second kappa shape index (κ2) is 5.70. The van der Waals surface area contributed by atoms with Crippen LogP contribution >= 0.6 is 11.3 Å². The topological polar surface area (TPSA) is 63.2 Å². The van der Waals surface area contributed by atoms with Crippen LogP contribution in [0.3, 0.4) is 0 Å². The summed E-state index contributed by atoms with van der Waals surface area (Å²) < 4.78 is 5.59. The van der Waals surface area contributed by atoms with E-state index in [0.717, 1.165) is 18.9 Å². The van der Waals surface area contributed by atoms with Gasteiger partial charge in [-0.2, -0.15) is 0 Å². The third-order valence-electron chi connectivity index (χ3n) is 4.38. The van der Waals surface area contributed by atoms with E-state index in [1.165, 1.54) is 17.8 Å². The van der Waals surface area contributed by atoms with Crippen LogP contribution in [0.4, 0.5) is 0 Å². The van der Waals surface area contributed by atoms with Crippen LogP contribution in [0.15, 0.2) is 35.8 Å². The van der Waals surface area contributed by atoms with Crippen molar-refractivity contribution in [3.63, 3.8) is 0 Å². The minimum Gasteiger partial charge on any atom is -0.431 e. The summed E-state index contributed by atoms with van der Waals surface area (Å²) in [7, 11) is 0. The van der Waals surface area contributed by atoms with Crippen LogP contribution in [0.1, 0.15) is 23.2 Å². The minimum absolute atomic E-state index is 0.0138. The van der Waals surface area contributed by atoms with Crippen LogP contribution in [0.2, 0.25) is 0 Å². The van der Waals surface area contributed by atoms with Gasteiger partial charge in [-0.1, -0.05) is 11.3 Å². The zero-order valence-electron chi connectivity index (χ0n) is 12.0. The first-order valence-corrected chi connectivity index (χ1v) is 8.37. The molecule has 0 radical (unpaired) electrons. The highest BCUT2D eigenvalue weighted by atomic mass is 32.1. The first-order chi connectivity index (χ1) is 10.8. The van der Waals surface area contributed by atoms with E-state index >= 15 is 0 Å². The number of carbonyl (C=O) groups excluding carboxylic acids is 1. The summed E-state index contributed by atoms with van der Waals surface area (Å²) in [5, 5.41) is 9.06. The molecule has 1 aliphatic carbocycles. The number of hydrogen-bond donors (Lipinski definition) is 2. The number of amides is 1. The fourth-order valence-electron chi connectivity index (χ4n) is 3.30. The molecule has 4 rings (SSSR count). The van der Waals surface area contributed by atoms with Gasteiger partial charge in [0.25, 0.3) is 11.1 Å². The van der Waals surface area contributed by atoms with Gasteiger partial charge in [-0.15, -0.1) is 0 Å². The molecule has 0 spiro atoms. The van der Waals surface area contributed by atoms with Gasteiger partial charge in [0.15, 0.2) is 0 Å². The molecular weight excluding hydrogens is 298 g/mol. The highest BCUT2D eigenvalue weighted by Crippen LogP contribution is 2.31. The lowest BCUT2D eigenvalue weighted by molar-refractivity contribution is 0.0928. The Morgan fingerprint density at radius 3 is 2.82 bits per heavy atom. The number of thiazole rings is 1. The van der Waals surface area contributed by atoms with Crippen LogP contribution in [0.5, 0.6) is 10.9 Å². The lowest BCUT2D eigenvalue weighted by Crippen LogP contribution is -2.47. The number of hydrogen-bond acceptors (Lipinski definition) is 5. The Labute approximate surface area is 132 Å². The number of aromatic nitrogens is 1. The van der Waals surface area contributed by atoms with Crippen molar-refractivity contribution in [1.29, 1.82) is 0 Å². The fourth-order valence-corrected chi connectivity index (χ4v) is 3.80. The fraction of sp³-hybridized carbons (Fsp3) is 0.375. The number of nitrogens with one attached hydrogen (secondary N) is 2. The van der Waals surface area contributed by atoms with Crippen LogP contribution in [0, 0.1) is 5.92 Å². The van der Waals surface area contributed by atoms with Gasteiger partial charge in [0, 0.05) is 29.2 Å². The lowest BCUT2D eigenvalue weighted by atomic mass is 10.1. The van der Waals surface area contributed by atoms with E-state index in [0.29, 0.717) is 22.5 Å². The maximum absolute atomic E-state index is 12.3. The molecular formula is C16H17N3O2S. The van der Waals surface area contributed by atoms with E-state index < -0.39 is 0 Å². The number of ether oxygens (including phenoxy) is 1. The van der Waals surface area contributed by atoms with Crippen LogP contribution in [-0.2, 0) is 0 Å². The number of fused-ring (bicyclic) bond motifs is 2. The number of carbonyl (C=O) groups is 1. The third kappa shape index (κ3) is 2.71. The van der Waals surface area contributed by atoms with Gasteiger partial charge >= 0.3 is 0 Å². The zero-order chi connectivity index (χ0) is 14.9. The smallest absolute Gasteiger partial charge is 0.278 e. The average molecular weight is 315 g/mol. The summed E-state index contributed by atoms with van der Waals surface area (Å²) in [4.78, 5) is 16.4. The molecule has 6 heteroatoms. The Kier molecular flexibility index (Phi) is 3.56. The largest absolute Gasteiger partial charge is 0.431 e. The lowest BCUT2D eigenvalue weighted by Gasteiger charge is -2.24. The monoisotopic (exact) mass is 315 g/mol. The Morgan fingerprint density at radius 1 is 1.32 bits per heavy atom. The summed E-state index contributed by atoms with van der Waals surface area (Å²) in [6.07, 6.45) is 3.98. The normalized spacial score (nSPS) is 26.1. The molecule has 5 nitrogen and oxygen atoms in total. The molecule has 3 unspecified atom stereocenters. The first kappa shape index (κ1) is 13.7. The zero-order valence-corrected chi connectivity index (χ0v) is 12.8. The first-order valence-electron chi connectivity index (χ1n) is 7.49. The molecule has 1 amide bonds. The average Bonchev–Trinajstić information content (AvgIpc) is 3.25. The Bertz CT molecular complexity index is 657. The Morgan fingerprint density at radius 2 is 2.18 bits per heavy atom. The second-order valence-electron chi connectivity index (χ2n) is 5.86.